The van der Waals surface area contributed by atoms with Crippen molar-refractivity contribution in [1.29, 1.82) is 0 Å². The molecule has 0 aromatic carbocycles. The van der Waals surface area contributed by atoms with E-state index in [4.69, 9.17) is 5.73 Å². The number of aryl methyl sites for hydroxylation is 1. The van der Waals surface area contributed by atoms with Gasteiger partial charge in [0.05, 0.1) is 12.3 Å². The minimum Gasteiger partial charge on any atom is -0.396 e. The van der Waals surface area contributed by atoms with Crippen LogP contribution in [-0.2, 0) is 0 Å². The molecular formula is C13H21N3O. The van der Waals surface area contributed by atoms with Gasteiger partial charge in [-0.2, -0.15) is 0 Å². The number of anilines is 2. The number of hydrogen-bond donors (Lipinski definition) is 2. The molecule has 1 aliphatic carbocycles. The first-order chi connectivity index (χ1) is 8.22. The van der Waals surface area contributed by atoms with Crippen molar-refractivity contribution < 1.29 is 5.11 Å². The maximum absolute atomic E-state index is 9.21. The fraction of sp³-hybridized carbons (Fsp3) is 0.615. The van der Waals surface area contributed by atoms with Crippen LogP contribution in [0.4, 0.5) is 11.5 Å². The Bertz CT molecular complexity index is 375. The lowest BCUT2D eigenvalue weighted by Crippen LogP contribution is -2.37. The summed E-state index contributed by atoms with van der Waals surface area (Å²) in [6.45, 7) is 2.73. The minimum atomic E-state index is 0.144. The molecule has 17 heavy (non-hydrogen) atoms. The average molecular weight is 235 g/mol. The number of nitrogens with zero attached hydrogens (tertiary/aromatic N) is 2. The van der Waals surface area contributed by atoms with Gasteiger partial charge in [0.25, 0.3) is 0 Å². The van der Waals surface area contributed by atoms with Crippen molar-refractivity contribution in [2.24, 2.45) is 0 Å². The number of pyridine rings is 1. The van der Waals surface area contributed by atoms with E-state index in [9.17, 15) is 5.11 Å². The van der Waals surface area contributed by atoms with Crippen molar-refractivity contribution in [3.05, 3.63) is 17.8 Å². The Morgan fingerprint density at radius 1 is 1.41 bits per heavy atom. The first kappa shape index (κ1) is 12.2. The van der Waals surface area contributed by atoms with Crippen LogP contribution in [0.5, 0.6) is 0 Å². The number of rotatable bonds is 4. The Morgan fingerprint density at radius 2 is 2.12 bits per heavy atom. The second-order valence-corrected chi connectivity index (χ2v) is 4.72. The Hall–Kier alpha value is -1.29. The fourth-order valence-electron chi connectivity index (χ4n) is 2.57. The summed E-state index contributed by atoms with van der Waals surface area (Å²) in [6.07, 6.45) is 4.88. The van der Waals surface area contributed by atoms with E-state index in [1.54, 1.807) is 0 Å². The largest absolute Gasteiger partial charge is 0.396 e. The zero-order valence-electron chi connectivity index (χ0n) is 10.4. The predicted octanol–water partition coefficient (Wildman–Crippen LogP) is 1.71. The lowest BCUT2D eigenvalue weighted by atomic mass is 10.2. The van der Waals surface area contributed by atoms with Crippen LogP contribution in [0.15, 0.2) is 12.1 Å². The molecule has 4 nitrogen and oxygen atoms in total. The van der Waals surface area contributed by atoms with E-state index in [2.05, 4.69) is 9.88 Å². The summed E-state index contributed by atoms with van der Waals surface area (Å²) in [5, 5.41) is 9.21. The molecule has 1 aliphatic rings. The van der Waals surface area contributed by atoms with Gasteiger partial charge in [0.2, 0.25) is 0 Å². The molecule has 1 aromatic heterocycles. The van der Waals surface area contributed by atoms with Gasteiger partial charge in [-0.05, 0) is 31.9 Å². The van der Waals surface area contributed by atoms with Crippen molar-refractivity contribution in [2.45, 2.75) is 38.6 Å². The number of aromatic nitrogens is 1. The number of nitrogens with two attached hydrogens (primary N) is 1. The third-order valence-corrected chi connectivity index (χ3v) is 3.42. The lowest BCUT2D eigenvalue weighted by molar-refractivity contribution is 0.297. The Kier molecular flexibility index (Phi) is 3.84. The topological polar surface area (TPSA) is 62.4 Å². The van der Waals surface area contributed by atoms with Crippen LogP contribution in [0.1, 0.15) is 31.4 Å². The molecule has 0 spiro atoms. The molecule has 1 heterocycles. The summed E-state index contributed by atoms with van der Waals surface area (Å²) in [7, 11) is 0. The van der Waals surface area contributed by atoms with Crippen molar-refractivity contribution in [3.8, 4) is 0 Å². The molecule has 0 radical (unpaired) electrons. The van der Waals surface area contributed by atoms with Crippen LogP contribution >= 0.6 is 0 Å². The highest BCUT2D eigenvalue weighted by molar-refractivity contribution is 5.63. The van der Waals surface area contributed by atoms with E-state index >= 15 is 0 Å². The van der Waals surface area contributed by atoms with Crippen molar-refractivity contribution in [1.82, 2.24) is 4.98 Å². The second-order valence-electron chi connectivity index (χ2n) is 4.72. The highest BCUT2D eigenvalue weighted by atomic mass is 16.3. The quantitative estimate of drug-likeness (QED) is 0.834. The molecule has 1 saturated carbocycles. The molecule has 1 fully saturated rings. The maximum atomic E-state index is 9.21. The van der Waals surface area contributed by atoms with Gasteiger partial charge in [0.1, 0.15) is 0 Å². The van der Waals surface area contributed by atoms with Crippen LogP contribution in [0.3, 0.4) is 0 Å². The highest BCUT2D eigenvalue weighted by Gasteiger charge is 2.24. The highest BCUT2D eigenvalue weighted by Crippen LogP contribution is 2.30. The minimum absolute atomic E-state index is 0.144. The fourth-order valence-corrected chi connectivity index (χ4v) is 2.57. The number of hydrogen-bond acceptors (Lipinski definition) is 4. The molecule has 0 amide bonds. The van der Waals surface area contributed by atoms with Gasteiger partial charge in [-0.3, -0.25) is 0 Å². The summed E-state index contributed by atoms with van der Waals surface area (Å²) >= 11 is 0. The molecule has 4 heteroatoms. The van der Waals surface area contributed by atoms with Crippen LogP contribution in [0.2, 0.25) is 0 Å². The van der Waals surface area contributed by atoms with Crippen molar-refractivity contribution in [3.63, 3.8) is 0 Å². The van der Waals surface area contributed by atoms with E-state index in [0.29, 0.717) is 18.3 Å². The van der Waals surface area contributed by atoms with E-state index in [0.717, 1.165) is 11.5 Å². The summed E-state index contributed by atoms with van der Waals surface area (Å²) in [4.78, 5) is 6.70. The predicted molar refractivity (Wildman–Crippen MR) is 70.1 cm³/mol. The molecule has 0 aliphatic heterocycles. The van der Waals surface area contributed by atoms with Gasteiger partial charge in [0.15, 0.2) is 5.82 Å². The molecule has 2 rings (SSSR count). The SMILES string of the molecule is Cc1ccc(N)c(N(CCO)C2CCCC2)n1. The molecule has 1 aromatic rings. The maximum Gasteiger partial charge on any atom is 0.152 e. The van der Waals surface area contributed by atoms with Crippen LogP contribution in [0, 0.1) is 6.92 Å². The van der Waals surface area contributed by atoms with E-state index in [1.807, 2.05) is 19.1 Å². The zero-order valence-corrected chi connectivity index (χ0v) is 10.4. The Labute approximate surface area is 102 Å². The van der Waals surface area contributed by atoms with E-state index < -0.39 is 0 Å². The van der Waals surface area contributed by atoms with Crippen LogP contribution in [0.25, 0.3) is 0 Å². The second kappa shape index (κ2) is 5.36. The Balaban J connectivity index is 2.27. The van der Waals surface area contributed by atoms with Gasteiger partial charge in [0, 0.05) is 18.3 Å². The number of aliphatic hydroxyl groups excluding tert-OH is 1. The Morgan fingerprint density at radius 3 is 2.76 bits per heavy atom. The summed E-state index contributed by atoms with van der Waals surface area (Å²) in [5.41, 5.74) is 7.67. The average Bonchev–Trinajstić information content (AvgIpc) is 2.83. The molecule has 0 unspecified atom stereocenters. The van der Waals surface area contributed by atoms with Gasteiger partial charge < -0.3 is 15.7 Å². The first-order valence-electron chi connectivity index (χ1n) is 6.33. The van der Waals surface area contributed by atoms with Crippen LogP contribution < -0.4 is 10.6 Å². The van der Waals surface area contributed by atoms with Crippen molar-refractivity contribution in [2.75, 3.05) is 23.8 Å². The first-order valence-corrected chi connectivity index (χ1v) is 6.33. The van der Waals surface area contributed by atoms with E-state index in [-0.39, 0.29) is 6.61 Å². The van der Waals surface area contributed by atoms with Gasteiger partial charge >= 0.3 is 0 Å². The summed E-state index contributed by atoms with van der Waals surface area (Å²) in [5.74, 6) is 0.839. The summed E-state index contributed by atoms with van der Waals surface area (Å²) < 4.78 is 0. The molecule has 0 bridgehead atoms. The molecule has 3 N–H and O–H groups in total. The van der Waals surface area contributed by atoms with Gasteiger partial charge in [-0.1, -0.05) is 12.8 Å². The van der Waals surface area contributed by atoms with Crippen LogP contribution in [-0.4, -0.2) is 29.3 Å². The van der Waals surface area contributed by atoms with E-state index in [1.165, 1.54) is 25.7 Å². The van der Waals surface area contributed by atoms with Gasteiger partial charge in [-0.25, -0.2) is 4.98 Å². The monoisotopic (exact) mass is 235 g/mol. The van der Waals surface area contributed by atoms with Gasteiger partial charge in [-0.15, -0.1) is 0 Å². The van der Waals surface area contributed by atoms with Crippen molar-refractivity contribution >= 4 is 11.5 Å². The smallest absolute Gasteiger partial charge is 0.152 e. The molecule has 0 saturated heterocycles. The third kappa shape index (κ3) is 2.69. The molecular weight excluding hydrogens is 214 g/mol. The number of aliphatic hydroxyl groups is 1. The summed E-state index contributed by atoms with van der Waals surface area (Å²) in [6, 6.07) is 4.31. The molecule has 0 atom stereocenters. The normalized spacial score (nSPS) is 16.4. The lowest BCUT2D eigenvalue weighted by Gasteiger charge is -2.30. The standard InChI is InChI=1S/C13H21N3O/c1-10-6-7-12(14)13(15-10)16(8-9-17)11-4-2-3-5-11/h6-7,11,17H,2-5,8-9,14H2,1H3. The number of nitrogen functional groups attached to an aromatic ring is 1. The zero-order chi connectivity index (χ0) is 12.3. The molecule has 94 valence electrons. The third-order valence-electron chi connectivity index (χ3n) is 3.42.